The molecule has 0 radical (unpaired) electrons. The predicted molar refractivity (Wildman–Crippen MR) is 77.1 cm³/mol. The Morgan fingerprint density at radius 2 is 2.05 bits per heavy atom. The molecule has 1 aliphatic heterocycles. The maximum Gasteiger partial charge on any atom is 0.327 e. The second-order valence-electron chi connectivity index (χ2n) is 4.49. The Morgan fingerprint density at radius 3 is 2.55 bits per heavy atom. The summed E-state index contributed by atoms with van der Waals surface area (Å²) in [5, 5.41) is 9.17. The lowest BCUT2D eigenvalue weighted by atomic mass is 10.1. The predicted octanol–water partition coefficient (Wildman–Crippen LogP) is 2.07. The van der Waals surface area contributed by atoms with Crippen molar-refractivity contribution in [3.63, 3.8) is 0 Å². The number of aliphatic carboxylic acids is 1. The van der Waals surface area contributed by atoms with Crippen molar-refractivity contribution in [3.8, 4) is 5.75 Å². The zero-order valence-electron chi connectivity index (χ0n) is 11.4. The van der Waals surface area contributed by atoms with Gasteiger partial charge < -0.3 is 14.7 Å². The number of methoxy groups -OCH3 is 1. The molecule has 1 heterocycles. The van der Waals surface area contributed by atoms with Crippen LogP contribution < -0.4 is 4.74 Å². The number of ether oxygens (including phenoxy) is 1. The van der Waals surface area contributed by atoms with Crippen LogP contribution in [0.15, 0.2) is 24.3 Å². The first kappa shape index (κ1) is 14.7. The molecule has 1 aromatic carbocycles. The highest BCUT2D eigenvalue weighted by molar-refractivity contribution is 8.00. The minimum absolute atomic E-state index is 0.0781. The van der Waals surface area contributed by atoms with Gasteiger partial charge in [-0.25, -0.2) is 4.79 Å². The first-order chi connectivity index (χ1) is 9.58. The van der Waals surface area contributed by atoms with Crippen LogP contribution in [0.2, 0.25) is 0 Å². The van der Waals surface area contributed by atoms with Gasteiger partial charge in [0.2, 0.25) is 0 Å². The van der Waals surface area contributed by atoms with E-state index in [-0.39, 0.29) is 11.3 Å². The second kappa shape index (κ2) is 6.17. The summed E-state index contributed by atoms with van der Waals surface area (Å²) in [6.07, 6.45) is 0.732. The Labute approximate surface area is 121 Å². The number of carbonyl (C=O) groups excluding carboxylic acids is 1. The standard InChI is InChI=1S/C14H17NO4S/c1-3-12-15(11(8-20-12)14(17)18)13(16)9-4-6-10(19-2)7-5-9/h4-7,11-12H,3,8H2,1-2H3,(H,17,18). The maximum atomic E-state index is 12.5. The van der Waals surface area contributed by atoms with Crippen molar-refractivity contribution >= 4 is 23.6 Å². The number of hydrogen-bond acceptors (Lipinski definition) is 4. The van der Waals surface area contributed by atoms with E-state index >= 15 is 0 Å². The van der Waals surface area contributed by atoms with Crippen molar-refractivity contribution < 1.29 is 19.4 Å². The zero-order valence-corrected chi connectivity index (χ0v) is 12.2. The molecule has 20 heavy (non-hydrogen) atoms. The Balaban J connectivity index is 2.25. The van der Waals surface area contributed by atoms with Crippen LogP contribution in [0.25, 0.3) is 0 Å². The number of hydrogen-bond donors (Lipinski definition) is 1. The molecule has 0 bridgehead atoms. The molecule has 1 N–H and O–H groups in total. The molecule has 0 aromatic heterocycles. The van der Waals surface area contributed by atoms with E-state index < -0.39 is 12.0 Å². The highest BCUT2D eigenvalue weighted by Crippen LogP contribution is 2.32. The van der Waals surface area contributed by atoms with Crippen LogP contribution >= 0.6 is 11.8 Å². The number of benzene rings is 1. The fourth-order valence-electron chi connectivity index (χ4n) is 2.22. The molecule has 108 valence electrons. The molecular weight excluding hydrogens is 278 g/mol. The van der Waals surface area contributed by atoms with Crippen molar-refractivity contribution in [2.45, 2.75) is 24.8 Å². The maximum absolute atomic E-state index is 12.5. The average molecular weight is 295 g/mol. The summed E-state index contributed by atoms with van der Waals surface area (Å²) < 4.78 is 5.05. The molecule has 0 spiro atoms. The smallest absolute Gasteiger partial charge is 0.327 e. The summed E-state index contributed by atoms with van der Waals surface area (Å²) in [5.41, 5.74) is 0.484. The molecule has 1 aliphatic rings. The zero-order chi connectivity index (χ0) is 14.7. The summed E-state index contributed by atoms with van der Waals surface area (Å²) in [5.74, 6) is -0.0817. The lowest BCUT2D eigenvalue weighted by molar-refractivity contribution is -0.141. The summed E-state index contributed by atoms with van der Waals surface area (Å²) in [6.45, 7) is 1.95. The first-order valence-corrected chi connectivity index (χ1v) is 7.44. The van der Waals surface area contributed by atoms with Crippen LogP contribution in [0.5, 0.6) is 5.75 Å². The molecule has 2 atom stereocenters. The molecular formula is C14H17NO4S. The van der Waals surface area contributed by atoms with Gasteiger partial charge in [-0.15, -0.1) is 11.8 Å². The van der Waals surface area contributed by atoms with Crippen LogP contribution in [0, 0.1) is 0 Å². The lowest BCUT2D eigenvalue weighted by Gasteiger charge is -2.26. The van der Waals surface area contributed by atoms with Gasteiger partial charge in [0.25, 0.3) is 5.91 Å². The monoisotopic (exact) mass is 295 g/mol. The third kappa shape index (κ3) is 2.75. The number of rotatable bonds is 4. The van der Waals surface area contributed by atoms with E-state index in [4.69, 9.17) is 4.74 Å². The highest BCUT2D eigenvalue weighted by Gasteiger charge is 2.40. The lowest BCUT2D eigenvalue weighted by Crippen LogP contribution is -2.45. The van der Waals surface area contributed by atoms with E-state index in [1.165, 1.54) is 16.7 Å². The molecule has 2 rings (SSSR count). The normalized spacial score (nSPS) is 21.8. The van der Waals surface area contributed by atoms with E-state index in [0.29, 0.717) is 17.1 Å². The van der Waals surface area contributed by atoms with Crippen LogP contribution in [-0.2, 0) is 4.79 Å². The van der Waals surface area contributed by atoms with Gasteiger partial charge >= 0.3 is 5.97 Å². The van der Waals surface area contributed by atoms with Crippen LogP contribution in [-0.4, -0.2) is 46.2 Å². The molecule has 0 saturated carbocycles. The Hall–Kier alpha value is -1.69. The van der Waals surface area contributed by atoms with Crippen molar-refractivity contribution in [1.29, 1.82) is 0 Å². The van der Waals surface area contributed by atoms with Gasteiger partial charge in [0.05, 0.1) is 12.5 Å². The Bertz CT molecular complexity index is 502. The molecule has 1 saturated heterocycles. The largest absolute Gasteiger partial charge is 0.497 e. The summed E-state index contributed by atoms with van der Waals surface area (Å²) in [7, 11) is 1.56. The van der Waals surface area contributed by atoms with Gasteiger partial charge in [-0.05, 0) is 30.7 Å². The van der Waals surface area contributed by atoms with Gasteiger partial charge in [-0.3, -0.25) is 4.79 Å². The number of carboxylic acids is 1. The van der Waals surface area contributed by atoms with E-state index in [2.05, 4.69) is 0 Å². The SMILES string of the molecule is CCC1SCC(C(=O)O)N1C(=O)c1ccc(OC)cc1. The van der Waals surface area contributed by atoms with E-state index in [0.717, 1.165) is 6.42 Å². The number of nitrogens with zero attached hydrogens (tertiary/aromatic N) is 1. The van der Waals surface area contributed by atoms with Crippen LogP contribution in [0.1, 0.15) is 23.7 Å². The topological polar surface area (TPSA) is 66.8 Å². The summed E-state index contributed by atoms with van der Waals surface area (Å²) in [6, 6.07) is 5.98. The van der Waals surface area contributed by atoms with E-state index in [1.807, 2.05) is 6.92 Å². The van der Waals surface area contributed by atoms with Crippen molar-refractivity contribution in [3.05, 3.63) is 29.8 Å². The molecule has 1 amide bonds. The Morgan fingerprint density at radius 1 is 1.40 bits per heavy atom. The number of carbonyl (C=O) groups is 2. The van der Waals surface area contributed by atoms with Gasteiger partial charge in [-0.2, -0.15) is 0 Å². The van der Waals surface area contributed by atoms with Gasteiger partial charge in [0, 0.05) is 11.3 Å². The Kier molecular flexibility index (Phi) is 4.54. The third-order valence-electron chi connectivity index (χ3n) is 3.30. The fraction of sp³-hybridized carbons (Fsp3) is 0.429. The van der Waals surface area contributed by atoms with Crippen LogP contribution in [0.3, 0.4) is 0 Å². The van der Waals surface area contributed by atoms with Gasteiger partial charge in [0.1, 0.15) is 11.8 Å². The fourth-order valence-corrected chi connectivity index (χ4v) is 3.57. The van der Waals surface area contributed by atoms with E-state index in [1.54, 1.807) is 31.4 Å². The molecule has 1 aromatic rings. The quantitative estimate of drug-likeness (QED) is 0.921. The number of thioether (sulfide) groups is 1. The van der Waals surface area contributed by atoms with Crippen molar-refractivity contribution in [2.24, 2.45) is 0 Å². The van der Waals surface area contributed by atoms with Crippen LogP contribution in [0.4, 0.5) is 0 Å². The number of carboxylic acid groups (broad SMARTS) is 1. The summed E-state index contributed by atoms with van der Waals surface area (Å²) in [4.78, 5) is 25.3. The average Bonchev–Trinajstić information content (AvgIpc) is 2.90. The third-order valence-corrected chi connectivity index (χ3v) is 4.75. The molecule has 0 aliphatic carbocycles. The molecule has 5 nitrogen and oxygen atoms in total. The summed E-state index contributed by atoms with van der Waals surface area (Å²) >= 11 is 1.52. The molecule has 6 heteroatoms. The highest BCUT2D eigenvalue weighted by atomic mass is 32.2. The first-order valence-electron chi connectivity index (χ1n) is 6.39. The number of amides is 1. The van der Waals surface area contributed by atoms with Crippen molar-refractivity contribution in [2.75, 3.05) is 12.9 Å². The van der Waals surface area contributed by atoms with Gasteiger partial charge in [0.15, 0.2) is 0 Å². The van der Waals surface area contributed by atoms with Crippen molar-refractivity contribution in [1.82, 2.24) is 4.90 Å². The molecule has 2 unspecified atom stereocenters. The van der Waals surface area contributed by atoms with Gasteiger partial charge in [-0.1, -0.05) is 6.92 Å². The minimum atomic E-state index is -0.949. The molecule has 1 fully saturated rings. The second-order valence-corrected chi connectivity index (χ2v) is 5.70. The van der Waals surface area contributed by atoms with E-state index in [9.17, 15) is 14.7 Å². The minimum Gasteiger partial charge on any atom is -0.497 e.